The molecular weight excluding hydrogens is 248 g/mol. The van der Waals surface area contributed by atoms with Gasteiger partial charge >= 0.3 is 0 Å². The molecule has 0 bridgehead atoms. The van der Waals surface area contributed by atoms with Crippen molar-refractivity contribution >= 4 is 22.2 Å². The van der Waals surface area contributed by atoms with E-state index in [-0.39, 0.29) is 5.91 Å². The molecular formula is C12H12N4OS. The summed E-state index contributed by atoms with van der Waals surface area (Å²) in [5.74, 6) is -0.239. The summed E-state index contributed by atoms with van der Waals surface area (Å²) in [5, 5.41) is 18.2. The van der Waals surface area contributed by atoms with Crippen LogP contribution >= 0.6 is 11.3 Å². The van der Waals surface area contributed by atoms with E-state index in [1.807, 2.05) is 19.9 Å². The minimum atomic E-state index is -0.239. The molecule has 1 amide bonds. The Bertz CT molecular complexity index is 620. The lowest BCUT2D eigenvalue weighted by atomic mass is 10.3. The number of rotatable bonds is 3. The van der Waals surface area contributed by atoms with Gasteiger partial charge in [0.2, 0.25) is 0 Å². The number of aryl methyl sites for hydroxylation is 2. The van der Waals surface area contributed by atoms with Crippen LogP contribution in [0.1, 0.15) is 28.7 Å². The minimum Gasteiger partial charge on any atom is -0.311 e. The zero-order valence-electron chi connectivity index (χ0n) is 10.1. The van der Waals surface area contributed by atoms with Gasteiger partial charge in [-0.05, 0) is 31.4 Å². The highest BCUT2D eigenvalue weighted by Gasteiger charge is 2.15. The van der Waals surface area contributed by atoms with Crippen LogP contribution in [0.5, 0.6) is 0 Å². The summed E-state index contributed by atoms with van der Waals surface area (Å²) in [4.78, 5) is 12.1. The van der Waals surface area contributed by atoms with E-state index in [4.69, 9.17) is 5.26 Å². The van der Waals surface area contributed by atoms with Crippen LogP contribution in [0.2, 0.25) is 0 Å². The number of hydrogen-bond acceptors (Lipinski definition) is 4. The maximum atomic E-state index is 12.1. The predicted molar refractivity (Wildman–Crippen MR) is 69.6 cm³/mol. The Labute approximate surface area is 109 Å². The van der Waals surface area contributed by atoms with Crippen molar-refractivity contribution in [2.24, 2.45) is 0 Å². The quantitative estimate of drug-likeness (QED) is 0.921. The largest absolute Gasteiger partial charge is 0.311 e. The van der Waals surface area contributed by atoms with E-state index in [1.165, 1.54) is 11.3 Å². The fourth-order valence-corrected chi connectivity index (χ4v) is 2.36. The lowest BCUT2D eigenvalue weighted by Crippen LogP contribution is -2.17. The lowest BCUT2D eigenvalue weighted by molar-refractivity contribution is 0.101. The van der Waals surface area contributed by atoms with Crippen LogP contribution in [0.4, 0.5) is 5.00 Å². The molecule has 2 aromatic rings. The van der Waals surface area contributed by atoms with Crippen LogP contribution in [-0.2, 0) is 6.54 Å². The Balaban J connectivity index is 2.25. The highest BCUT2D eigenvalue weighted by Crippen LogP contribution is 2.22. The molecule has 18 heavy (non-hydrogen) atoms. The van der Waals surface area contributed by atoms with Crippen LogP contribution in [0.25, 0.3) is 0 Å². The summed E-state index contributed by atoms with van der Waals surface area (Å²) in [6.45, 7) is 4.40. The van der Waals surface area contributed by atoms with Gasteiger partial charge in [-0.3, -0.25) is 9.48 Å². The second kappa shape index (κ2) is 5.02. The van der Waals surface area contributed by atoms with Crippen molar-refractivity contribution < 1.29 is 4.79 Å². The van der Waals surface area contributed by atoms with Crippen LogP contribution < -0.4 is 5.32 Å². The van der Waals surface area contributed by atoms with E-state index in [1.54, 1.807) is 22.2 Å². The average molecular weight is 260 g/mol. The number of aromatic nitrogens is 2. The number of amides is 1. The number of nitriles is 1. The monoisotopic (exact) mass is 260 g/mol. The Hall–Kier alpha value is -2.13. The van der Waals surface area contributed by atoms with Crippen LogP contribution in [0.15, 0.2) is 17.5 Å². The van der Waals surface area contributed by atoms with Crippen molar-refractivity contribution in [1.29, 1.82) is 5.26 Å². The van der Waals surface area contributed by atoms with Gasteiger partial charge in [0, 0.05) is 6.54 Å². The molecule has 2 heterocycles. The maximum Gasteiger partial charge on any atom is 0.274 e. The van der Waals surface area contributed by atoms with E-state index >= 15 is 0 Å². The molecule has 0 aliphatic carbocycles. The van der Waals surface area contributed by atoms with Gasteiger partial charge in [-0.25, -0.2) is 0 Å². The van der Waals surface area contributed by atoms with Gasteiger partial charge in [0.15, 0.2) is 0 Å². The Morgan fingerprint density at radius 2 is 2.44 bits per heavy atom. The maximum absolute atomic E-state index is 12.1. The third-order valence-corrected chi connectivity index (χ3v) is 3.28. The molecule has 0 unspecified atom stereocenters. The third-order valence-electron chi connectivity index (χ3n) is 2.45. The first-order valence-corrected chi connectivity index (χ1v) is 6.37. The molecule has 0 radical (unpaired) electrons. The first-order valence-electron chi connectivity index (χ1n) is 5.49. The van der Waals surface area contributed by atoms with E-state index in [2.05, 4.69) is 10.4 Å². The van der Waals surface area contributed by atoms with Crippen molar-refractivity contribution in [1.82, 2.24) is 9.78 Å². The Morgan fingerprint density at radius 1 is 1.67 bits per heavy atom. The summed E-state index contributed by atoms with van der Waals surface area (Å²) >= 11 is 1.33. The molecule has 5 nitrogen and oxygen atoms in total. The van der Waals surface area contributed by atoms with Crippen molar-refractivity contribution in [2.45, 2.75) is 20.4 Å². The van der Waals surface area contributed by atoms with Crippen LogP contribution in [0.3, 0.4) is 0 Å². The zero-order chi connectivity index (χ0) is 13.1. The Morgan fingerprint density at radius 3 is 3.11 bits per heavy atom. The summed E-state index contributed by atoms with van der Waals surface area (Å²) in [5.41, 5.74) is 1.79. The topological polar surface area (TPSA) is 70.7 Å². The van der Waals surface area contributed by atoms with Gasteiger partial charge in [-0.2, -0.15) is 10.4 Å². The van der Waals surface area contributed by atoms with Gasteiger partial charge in [0.05, 0.1) is 11.3 Å². The molecule has 0 fully saturated rings. The normalized spacial score (nSPS) is 10.1. The fourth-order valence-electron chi connectivity index (χ4n) is 1.63. The number of thiophene rings is 1. The highest BCUT2D eigenvalue weighted by molar-refractivity contribution is 7.14. The molecule has 0 spiro atoms. The van der Waals surface area contributed by atoms with Crippen molar-refractivity contribution in [3.05, 3.63) is 34.5 Å². The van der Waals surface area contributed by atoms with Crippen LogP contribution in [-0.4, -0.2) is 15.7 Å². The minimum absolute atomic E-state index is 0.239. The molecule has 0 aromatic carbocycles. The third kappa shape index (κ3) is 2.26. The number of anilines is 1. The van der Waals surface area contributed by atoms with E-state index in [0.717, 1.165) is 5.69 Å². The van der Waals surface area contributed by atoms with E-state index < -0.39 is 0 Å². The summed E-state index contributed by atoms with van der Waals surface area (Å²) in [6.07, 6.45) is 0. The molecule has 6 heteroatoms. The van der Waals surface area contributed by atoms with E-state index in [0.29, 0.717) is 22.8 Å². The molecule has 1 N–H and O–H groups in total. The predicted octanol–water partition coefficient (Wildman–Crippen LogP) is 2.40. The molecule has 92 valence electrons. The molecule has 0 saturated heterocycles. The van der Waals surface area contributed by atoms with Gasteiger partial charge in [0.25, 0.3) is 5.91 Å². The fraction of sp³-hybridized carbons (Fsp3) is 0.250. The number of carbonyl (C=O) groups excluding carboxylic acids is 1. The SMILES string of the molecule is CCn1nc(C)cc1C(=O)Nc1sccc1C#N. The van der Waals surface area contributed by atoms with E-state index in [9.17, 15) is 4.79 Å². The van der Waals surface area contributed by atoms with Gasteiger partial charge in [-0.15, -0.1) is 11.3 Å². The van der Waals surface area contributed by atoms with Crippen molar-refractivity contribution in [3.8, 4) is 6.07 Å². The zero-order valence-corrected chi connectivity index (χ0v) is 10.9. The Kier molecular flexibility index (Phi) is 3.44. The van der Waals surface area contributed by atoms with Crippen LogP contribution in [0, 0.1) is 18.3 Å². The highest BCUT2D eigenvalue weighted by atomic mass is 32.1. The molecule has 0 atom stereocenters. The second-order valence-electron chi connectivity index (χ2n) is 3.72. The van der Waals surface area contributed by atoms with Gasteiger partial charge in [0.1, 0.15) is 16.8 Å². The second-order valence-corrected chi connectivity index (χ2v) is 4.63. The van der Waals surface area contributed by atoms with Gasteiger partial charge < -0.3 is 5.32 Å². The number of nitrogens with zero attached hydrogens (tertiary/aromatic N) is 3. The van der Waals surface area contributed by atoms with Gasteiger partial charge in [-0.1, -0.05) is 0 Å². The first-order chi connectivity index (χ1) is 8.65. The molecule has 2 aromatic heterocycles. The lowest BCUT2D eigenvalue weighted by Gasteiger charge is -2.04. The smallest absolute Gasteiger partial charge is 0.274 e. The van der Waals surface area contributed by atoms with Crippen molar-refractivity contribution in [2.75, 3.05) is 5.32 Å². The summed E-state index contributed by atoms with van der Waals surface area (Å²) in [7, 11) is 0. The molecule has 2 rings (SSSR count). The number of carbonyl (C=O) groups is 1. The summed E-state index contributed by atoms with van der Waals surface area (Å²) < 4.78 is 1.64. The first kappa shape index (κ1) is 12.3. The molecule has 0 aliphatic rings. The summed E-state index contributed by atoms with van der Waals surface area (Å²) in [6, 6.07) is 5.46. The average Bonchev–Trinajstić information content (AvgIpc) is 2.94. The van der Waals surface area contributed by atoms with Crippen molar-refractivity contribution in [3.63, 3.8) is 0 Å². The number of hydrogen-bond donors (Lipinski definition) is 1. The standard InChI is InChI=1S/C12H12N4OS/c1-3-16-10(6-8(2)15-16)11(17)14-12-9(7-13)4-5-18-12/h4-6H,3H2,1-2H3,(H,14,17). The molecule has 0 aliphatic heterocycles. The molecule has 0 saturated carbocycles. The number of nitrogens with one attached hydrogen (secondary N) is 1.